The monoisotopic (exact) mass is 396 g/mol. The Morgan fingerprint density at radius 3 is 2.59 bits per heavy atom. The molecule has 2 aromatic carbocycles. The fourth-order valence-electron chi connectivity index (χ4n) is 4.34. The van der Waals surface area contributed by atoms with E-state index in [1.807, 2.05) is 0 Å². The maximum absolute atomic E-state index is 13.0. The molecule has 1 saturated heterocycles. The lowest BCUT2D eigenvalue weighted by Gasteiger charge is -2.29. The number of hydrogen-bond acceptors (Lipinski definition) is 3. The molecule has 0 spiro atoms. The van der Waals surface area contributed by atoms with Crippen LogP contribution in [0.5, 0.6) is 0 Å². The highest BCUT2D eigenvalue weighted by molar-refractivity contribution is 5.73. The van der Waals surface area contributed by atoms with Crippen molar-refractivity contribution in [2.24, 2.45) is 0 Å². The number of likely N-dealkylation sites (N-methyl/N-ethyl adjacent to an activating group) is 1. The number of carbonyl (C=O) groups excluding carboxylic acids is 1. The highest BCUT2D eigenvalue weighted by Crippen LogP contribution is 2.32. The summed E-state index contributed by atoms with van der Waals surface area (Å²) in [7, 11) is 2.14. The summed E-state index contributed by atoms with van der Waals surface area (Å²) in [6, 6.07) is 12.9. The number of amides is 2. The molecular weight excluding hydrogens is 367 g/mol. The van der Waals surface area contributed by atoms with Crippen molar-refractivity contribution in [3.05, 3.63) is 65.0 Å². The largest absolute Gasteiger partial charge is 0.374 e. The zero-order valence-corrected chi connectivity index (χ0v) is 17.0. The topological polar surface area (TPSA) is 47.6 Å². The third kappa shape index (κ3) is 4.70. The first kappa shape index (κ1) is 19.7. The normalized spacial score (nSPS) is 17.2. The van der Waals surface area contributed by atoms with Gasteiger partial charge in [-0.05, 0) is 67.2 Å². The molecule has 1 fully saturated rings. The highest BCUT2D eigenvalue weighted by atomic mass is 19.1. The van der Waals surface area contributed by atoms with Crippen molar-refractivity contribution in [3.8, 4) is 0 Å². The summed E-state index contributed by atoms with van der Waals surface area (Å²) in [6.07, 6.45) is 3.50. The Labute approximate surface area is 171 Å². The molecule has 2 heterocycles. The molecule has 2 aliphatic heterocycles. The van der Waals surface area contributed by atoms with Crippen molar-refractivity contribution in [1.29, 1.82) is 0 Å². The summed E-state index contributed by atoms with van der Waals surface area (Å²) in [4.78, 5) is 17.1. The van der Waals surface area contributed by atoms with E-state index in [0.717, 1.165) is 31.6 Å². The van der Waals surface area contributed by atoms with Crippen LogP contribution in [0.4, 0.5) is 14.9 Å². The van der Waals surface area contributed by atoms with Gasteiger partial charge in [-0.2, -0.15) is 0 Å². The number of urea groups is 1. The predicted octanol–water partition coefficient (Wildman–Crippen LogP) is 3.45. The molecule has 29 heavy (non-hydrogen) atoms. The molecule has 5 nitrogen and oxygen atoms in total. The van der Waals surface area contributed by atoms with E-state index in [9.17, 15) is 9.18 Å². The Morgan fingerprint density at radius 2 is 1.83 bits per heavy atom. The zero-order valence-electron chi connectivity index (χ0n) is 17.0. The molecule has 154 valence electrons. The van der Waals surface area contributed by atoms with Crippen LogP contribution in [0, 0.1) is 5.82 Å². The van der Waals surface area contributed by atoms with Gasteiger partial charge >= 0.3 is 6.03 Å². The first-order chi connectivity index (χ1) is 14.1. The van der Waals surface area contributed by atoms with Gasteiger partial charge in [-0.15, -0.1) is 0 Å². The van der Waals surface area contributed by atoms with E-state index >= 15 is 0 Å². The molecule has 2 N–H and O–H groups in total. The van der Waals surface area contributed by atoms with Gasteiger partial charge < -0.3 is 15.5 Å². The fourth-order valence-corrected chi connectivity index (χ4v) is 4.34. The van der Waals surface area contributed by atoms with Crippen LogP contribution in [-0.4, -0.2) is 44.2 Å². The van der Waals surface area contributed by atoms with Gasteiger partial charge in [0.2, 0.25) is 0 Å². The fraction of sp³-hybridized carbons (Fsp3) is 0.435. The molecule has 0 bridgehead atoms. The number of fused-ring (bicyclic) bond motifs is 1. The second-order valence-electron chi connectivity index (χ2n) is 8.01. The van der Waals surface area contributed by atoms with Gasteiger partial charge in [0.15, 0.2) is 0 Å². The number of likely N-dealkylation sites (tertiary alicyclic amines) is 1. The van der Waals surface area contributed by atoms with E-state index in [-0.39, 0.29) is 17.9 Å². The van der Waals surface area contributed by atoms with E-state index < -0.39 is 0 Å². The van der Waals surface area contributed by atoms with Gasteiger partial charge in [-0.25, -0.2) is 9.18 Å². The molecular formula is C23H29FN4O. The summed E-state index contributed by atoms with van der Waals surface area (Å²) in [5.74, 6) is -0.271. The van der Waals surface area contributed by atoms with Gasteiger partial charge in [0.1, 0.15) is 5.82 Å². The Kier molecular flexibility index (Phi) is 6.00. The number of rotatable bonds is 6. The van der Waals surface area contributed by atoms with Crippen molar-refractivity contribution in [2.45, 2.75) is 31.8 Å². The van der Waals surface area contributed by atoms with Crippen LogP contribution in [-0.2, 0) is 13.0 Å². The highest BCUT2D eigenvalue weighted by Gasteiger charge is 2.26. The van der Waals surface area contributed by atoms with Crippen molar-refractivity contribution in [1.82, 2.24) is 15.5 Å². The van der Waals surface area contributed by atoms with Gasteiger partial charge in [0.25, 0.3) is 0 Å². The SMILES string of the molecule is CN1CCc2cc([C@H](CNC(=O)NCc3ccc(F)cc3)N3CCCC3)ccc21. The van der Waals surface area contributed by atoms with E-state index in [2.05, 4.69) is 45.7 Å². The summed E-state index contributed by atoms with van der Waals surface area (Å²) >= 11 is 0. The number of benzene rings is 2. The second-order valence-corrected chi connectivity index (χ2v) is 8.01. The molecule has 1 atom stereocenters. The van der Waals surface area contributed by atoms with Crippen molar-refractivity contribution in [3.63, 3.8) is 0 Å². The van der Waals surface area contributed by atoms with Crippen molar-refractivity contribution < 1.29 is 9.18 Å². The molecule has 6 heteroatoms. The van der Waals surface area contributed by atoms with Crippen molar-refractivity contribution in [2.75, 3.05) is 38.1 Å². The molecule has 0 aromatic heterocycles. The molecule has 0 radical (unpaired) electrons. The lowest BCUT2D eigenvalue weighted by molar-refractivity contribution is 0.220. The first-order valence-electron chi connectivity index (χ1n) is 10.4. The minimum Gasteiger partial charge on any atom is -0.374 e. The summed E-state index contributed by atoms with van der Waals surface area (Å²) in [6.45, 7) is 4.16. The predicted molar refractivity (Wildman–Crippen MR) is 114 cm³/mol. The van der Waals surface area contributed by atoms with E-state index in [4.69, 9.17) is 0 Å². The Balaban J connectivity index is 1.38. The van der Waals surface area contributed by atoms with Gasteiger partial charge in [0.05, 0.1) is 6.04 Å². The standard InChI is InChI=1S/C23H29FN4O/c1-27-13-10-19-14-18(6-9-21(19)27)22(28-11-2-3-12-28)16-26-23(29)25-15-17-4-7-20(24)8-5-17/h4-9,14,22H,2-3,10-13,15-16H2,1H3,(H2,25,26,29)/t22-/m0/s1. The number of anilines is 1. The Morgan fingerprint density at radius 1 is 1.07 bits per heavy atom. The number of halogens is 1. The lowest BCUT2D eigenvalue weighted by Crippen LogP contribution is -2.41. The maximum Gasteiger partial charge on any atom is 0.315 e. The van der Waals surface area contributed by atoms with Crippen LogP contribution in [0.2, 0.25) is 0 Å². The molecule has 2 aliphatic rings. The van der Waals surface area contributed by atoms with E-state index in [1.165, 1.54) is 41.8 Å². The second kappa shape index (κ2) is 8.82. The van der Waals surface area contributed by atoms with Crippen LogP contribution in [0.1, 0.15) is 35.6 Å². The van der Waals surface area contributed by atoms with Crippen LogP contribution in [0.25, 0.3) is 0 Å². The third-order valence-electron chi connectivity index (χ3n) is 6.02. The van der Waals surface area contributed by atoms with Crippen LogP contribution in [0.3, 0.4) is 0 Å². The van der Waals surface area contributed by atoms with Gasteiger partial charge in [0, 0.05) is 32.4 Å². The van der Waals surface area contributed by atoms with E-state index in [0.29, 0.717) is 13.1 Å². The minimum atomic E-state index is -0.271. The molecule has 2 amide bonds. The summed E-state index contributed by atoms with van der Waals surface area (Å²) in [5, 5.41) is 5.91. The number of carbonyl (C=O) groups is 1. The van der Waals surface area contributed by atoms with Gasteiger partial charge in [-0.3, -0.25) is 4.90 Å². The van der Waals surface area contributed by atoms with Crippen LogP contribution < -0.4 is 15.5 Å². The summed E-state index contributed by atoms with van der Waals surface area (Å²) in [5.41, 5.74) is 4.87. The lowest BCUT2D eigenvalue weighted by atomic mass is 10.0. The number of nitrogens with one attached hydrogen (secondary N) is 2. The Hall–Kier alpha value is -2.60. The van der Waals surface area contributed by atoms with Gasteiger partial charge in [-0.1, -0.05) is 24.3 Å². The molecule has 4 rings (SSSR count). The average molecular weight is 397 g/mol. The smallest absolute Gasteiger partial charge is 0.315 e. The molecule has 0 saturated carbocycles. The maximum atomic E-state index is 13.0. The first-order valence-corrected chi connectivity index (χ1v) is 10.4. The van der Waals surface area contributed by atoms with E-state index in [1.54, 1.807) is 12.1 Å². The molecule has 0 aliphatic carbocycles. The van der Waals surface area contributed by atoms with Crippen LogP contribution >= 0.6 is 0 Å². The Bertz CT molecular complexity index is 848. The average Bonchev–Trinajstić information content (AvgIpc) is 3.38. The van der Waals surface area contributed by atoms with Crippen LogP contribution in [0.15, 0.2) is 42.5 Å². The quantitative estimate of drug-likeness (QED) is 0.786. The summed E-state index contributed by atoms with van der Waals surface area (Å²) < 4.78 is 13.0. The molecule has 0 unspecified atom stereocenters. The molecule has 2 aromatic rings. The number of hydrogen-bond donors (Lipinski definition) is 2. The zero-order chi connectivity index (χ0) is 20.2. The third-order valence-corrected chi connectivity index (χ3v) is 6.02. The van der Waals surface area contributed by atoms with Crippen molar-refractivity contribution >= 4 is 11.7 Å². The minimum absolute atomic E-state index is 0.185. The number of nitrogens with zero attached hydrogens (tertiary/aromatic N) is 2.